The van der Waals surface area contributed by atoms with Gasteiger partial charge in [0.25, 0.3) is 0 Å². The first-order valence-electron chi connectivity index (χ1n) is 3.79. The standard InChI is InChI=1S/C8H4B2BrF3O/c9-7(10,15)5-2-1-4(11)3-6(5)8(12,13)14/h1-3,15H. The lowest BCUT2D eigenvalue weighted by atomic mass is 9.60. The maximum atomic E-state index is 12.5. The molecule has 0 aliphatic heterocycles. The lowest BCUT2D eigenvalue weighted by Gasteiger charge is -2.24. The van der Waals surface area contributed by atoms with Gasteiger partial charge in [-0.1, -0.05) is 22.0 Å². The molecule has 1 aromatic carbocycles. The highest BCUT2D eigenvalue weighted by atomic mass is 79.9. The number of hydrogen-bond donors (Lipinski definition) is 1. The first-order valence-corrected chi connectivity index (χ1v) is 4.59. The first-order chi connectivity index (χ1) is 6.62. The Hall–Kier alpha value is -0.420. The molecule has 0 unspecified atom stereocenters. The van der Waals surface area contributed by atoms with Gasteiger partial charge in [-0.05, 0) is 17.7 Å². The molecule has 0 aliphatic carbocycles. The Labute approximate surface area is 95.6 Å². The van der Waals surface area contributed by atoms with Crippen molar-refractivity contribution in [1.82, 2.24) is 0 Å². The van der Waals surface area contributed by atoms with Crippen LogP contribution in [-0.2, 0) is 11.6 Å². The van der Waals surface area contributed by atoms with Gasteiger partial charge in [-0.25, -0.2) is 0 Å². The third-order valence-corrected chi connectivity index (χ3v) is 2.21. The van der Waals surface area contributed by atoms with E-state index in [1.807, 2.05) is 0 Å². The van der Waals surface area contributed by atoms with Gasteiger partial charge in [0, 0.05) is 9.87 Å². The van der Waals surface area contributed by atoms with Crippen molar-refractivity contribution in [3.8, 4) is 0 Å². The van der Waals surface area contributed by atoms with Crippen LogP contribution in [0.2, 0.25) is 0 Å². The van der Waals surface area contributed by atoms with E-state index in [-0.39, 0.29) is 4.47 Å². The molecule has 76 valence electrons. The third-order valence-electron chi connectivity index (χ3n) is 1.72. The fraction of sp³-hybridized carbons (Fsp3) is 0.250. The Morgan fingerprint density at radius 2 is 1.67 bits per heavy atom. The maximum absolute atomic E-state index is 12.5. The molecule has 0 amide bonds. The van der Waals surface area contributed by atoms with Crippen LogP contribution in [0, 0.1) is 0 Å². The molecule has 15 heavy (non-hydrogen) atoms. The Morgan fingerprint density at radius 1 is 1.13 bits per heavy atom. The van der Waals surface area contributed by atoms with Crippen LogP contribution < -0.4 is 0 Å². The van der Waals surface area contributed by atoms with Gasteiger partial charge in [-0.3, -0.25) is 0 Å². The van der Waals surface area contributed by atoms with Crippen LogP contribution in [0.3, 0.4) is 0 Å². The summed E-state index contributed by atoms with van der Waals surface area (Å²) in [6, 6.07) is 3.14. The number of rotatable bonds is 1. The highest BCUT2D eigenvalue weighted by molar-refractivity contribution is 9.10. The quantitative estimate of drug-likeness (QED) is 0.776. The van der Waals surface area contributed by atoms with E-state index in [9.17, 15) is 13.2 Å². The second-order valence-corrected chi connectivity index (χ2v) is 3.93. The molecule has 0 saturated carbocycles. The summed E-state index contributed by atoms with van der Waals surface area (Å²) >= 11 is 2.89. The van der Waals surface area contributed by atoms with Crippen molar-refractivity contribution < 1.29 is 18.3 Å². The molecule has 1 aromatic rings. The molecule has 1 N–H and O–H groups in total. The van der Waals surface area contributed by atoms with Gasteiger partial charge in [0.15, 0.2) is 0 Å². The average Bonchev–Trinajstić information content (AvgIpc) is 2.00. The number of aliphatic hydroxyl groups is 1. The van der Waals surface area contributed by atoms with Crippen molar-refractivity contribution in [2.75, 3.05) is 0 Å². The highest BCUT2D eigenvalue weighted by Crippen LogP contribution is 2.36. The molecule has 0 spiro atoms. The molecule has 0 saturated heterocycles. The molecule has 7 heteroatoms. The van der Waals surface area contributed by atoms with E-state index in [0.29, 0.717) is 0 Å². The van der Waals surface area contributed by atoms with E-state index < -0.39 is 22.7 Å². The summed E-state index contributed by atoms with van der Waals surface area (Å²) in [5.74, 6) is 0. The van der Waals surface area contributed by atoms with Crippen LogP contribution in [0.15, 0.2) is 22.7 Å². The molecule has 0 heterocycles. The van der Waals surface area contributed by atoms with Crippen LogP contribution in [-0.4, -0.2) is 20.8 Å². The van der Waals surface area contributed by atoms with Gasteiger partial charge in [0.05, 0.1) is 5.56 Å². The minimum Gasteiger partial charge on any atom is -0.405 e. The van der Waals surface area contributed by atoms with Gasteiger partial charge < -0.3 is 5.11 Å². The van der Waals surface area contributed by atoms with Crippen molar-refractivity contribution in [3.63, 3.8) is 0 Å². The molecule has 1 nitrogen and oxygen atoms in total. The average molecular weight is 275 g/mol. The van der Waals surface area contributed by atoms with E-state index in [0.717, 1.165) is 12.1 Å². The van der Waals surface area contributed by atoms with Crippen molar-refractivity contribution >= 4 is 31.6 Å². The second kappa shape index (κ2) is 3.87. The smallest absolute Gasteiger partial charge is 0.405 e. The zero-order valence-corrected chi connectivity index (χ0v) is 8.93. The number of benzene rings is 1. The van der Waals surface area contributed by atoms with Gasteiger partial charge in [0.2, 0.25) is 0 Å². The van der Waals surface area contributed by atoms with Crippen LogP contribution in [0.25, 0.3) is 0 Å². The minimum absolute atomic E-state index is 0.225. The molecule has 1 rings (SSSR count). The fourth-order valence-electron chi connectivity index (χ4n) is 1.10. The van der Waals surface area contributed by atoms with E-state index in [4.69, 9.17) is 20.8 Å². The highest BCUT2D eigenvalue weighted by Gasteiger charge is 2.36. The van der Waals surface area contributed by atoms with Crippen molar-refractivity contribution in [2.45, 2.75) is 11.6 Å². The van der Waals surface area contributed by atoms with E-state index in [2.05, 4.69) is 15.9 Å². The summed E-state index contributed by atoms with van der Waals surface area (Å²) in [4.78, 5) is 0. The summed E-state index contributed by atoms with van der Waals surface area (Å²) in [5, 5.41) is 6.66. The van der Waals surface area contributed by atoms with E-state index >= 15 is 0 Å². The number of alkyl halides is 3. The topological polar surface area (TPSA) is 20.2 Å². The molecule has 4 radical (unpaired) electrons. The summed E-state index contributed by atoms with van der Waals surface area (Å²) in [5.41, 5.74) is -1.64. The molecular weight excluding hydrogens is 271 g/mol. The Morgan fingerprint density at radius 3 is 2.07 bits per heavy atom. The van der Waals surface area contributed by atoms with Crippen molar-refractivity contribution in [3.05, 3.63) is 33.8 Å². The van der Waals surface area contributed by atoms with Gasteiger partial charge in [0.1, 0.15) is 15.7 Å². The minimum atomic E-state index is -4.62. The Balaban J connectivity index is 3.41. The van der Waals surface area contributed by atoms with Gasteiger partial charge in [-0.2, -0.15) is 13.2 Å². The fourth-order valence-corrected chi connectivity index (χ4v) is 1.46. The predicted octanol–water partition coefficient (Wildman–Crippen LogP) is 1.91. The lowest BCUT2D eigenvalue weighted by molar-refractivity contribution is -0.139. The summed E-state index contributed by atoms with van der Waals surface area (Å²) in [7, 11) is 10.0. The summed E-state index contributed by atoms with van der Waals surface area (Å²) in [6.07, 6.45) is -4.62. The van der Waals surface area contributed by atoms with Gasteiger partial charge >= 0.3 is 6.18 Å². The molecule has 0 bridgehead atoms. The molecule has 0 fully saturated rings. The Bertz CT molecular complexity index is 373. The van der Waals surface area contributed by atoms with Crippen LogP contribution >= 0.6 is 15.9 Å². The number of halogens is 4. The van der Waals surface area contributed by atoms with Crippen molar-refractivity contribution in [2.24, 2.45) is 0 Å². The first kappa shape index (κ1) is 12.6. The molecule has 0 atom stereocenters. The summed E-state index contributed by atoms with van der Waals surface area (Å²) in [6.45, 7) is 0. The van der Waals surface area contributed by atoms with Gasteiger partial charge in [-0.15, -0.1) is 0 Å². The van der Waals surface area contributed by atoms with E-state index in [1.54, 1.807) is 0 Å². The zero-order chi connectivity index (χ0) is 11.9. The lowest BCUT2D eigenvalue weighted by Crippen LogP contribution is -2.29. The SMILES string of the molecule is [B]C([B])(O)c1ccc(Br)cc1C(F)(F)F. The maximum Gasteiger partial charge on any atom is 0.416 e. The van der Waals surface area contributed by atoms with Crippen molar-refractivity contribution in [1.29, 1.82) is 0 Å². The molecule has 0 aromatic heterocycles. The molecular formula is C8H4B2BrF3O. The summed E-state index contributed by atoms with van der Waals surface area (Å²) < 4.78 is 37.8. The van der Waals surface area contributed by atoms with E-state index in [1.165, 1.54) is 6.07 Å². The van der Waals surface area contributed by atoms with Crippen LogP contribution in [0.4, 0.5) is 13.2 Å². The Kier molecular flexibility index (Phi) is 3.26. The largest absolute Gasteiger partial charge is 0.416 e. The zero-order valence-electron chi connectivity index (χ0n) is 7.35. The second-order valence-electron chi connectivity index (χ2n) is 3.01. The third kappa shape index (κ3) is 3.01. The molecule has 0 aliphatic rings. The number of hydrogen-bond acceptors (Lipinski definition) is 1. The van der Waals surface area contributed by atoms with Crippen LogP contribution in [0.1, 0.15) is 11.1 Å². The predicted molar refractivity (Wildman–Crippen MR) is 54.5 cm³/mol. The normalized spacial score (nSPS) is 12.9. The van der Waals surface area contributed by atoms with Crippen LogP contribution in [0.5, 0.6) is 0 Å². The monoisotopic (exact) mass is 274 g/mol.